The summed E-state index contributed by atoms with van der Waals surface area (Å²) in [6.07, 6.45) is 9.16. The third kappa shape index (κ3) is 3.32. The maximum absolute atomic E-state index is 3.69. The van der Waals surface area contributed by atoms with E-state index in [9.17, 15) is 0 Å². The van der Waals surface area contributed by atoms with Gasteiger partial charge in [0.2, 0.25) is 0 Å². The van der Waals surface area contributed by atoms with E-state index in [0.717, 1.165) is 17.5 Å². The first-order valence-corrected chi connectivity index (χ1v) is 6.43. The SMILES string of the molecule is C1=Cc2ccccc2C1.C=Cc1ccccc1C=C. The Balaban J connectivity index is 0.000000141. The first-order chi connectivity index (χ1) is 9.35. The van der Waals surface area contributed by atoms with E-state index in [0.29, 0.717) is 0 Å². The van der Waals surface area contributed by atoms with Crippen molar-refractivity contribution in [3.8, 4) is 0 Å². The van der Waals surface area contributed by atoms with Gasteiger partial charge in [-0.25, -0.2) is 0 Å². The highest BCUT2D eigenvalue weighted by Gasteiger charge is 2.00. The minimum Gasteiger partial charge on any atom is -0.0984 e. The van der Waals surface area contributed by atoms with Gasteiger partial charge >= 0.3 is 0 Å². The van der Waals surface area contributed by atoms with Crippen molar-refractivity contribution in [2.45, 2.75) is 6.42 Å². The summed E-state index contributed by atoms with van der Waals surface area (Å²) in [6, 6.07) is 16.5. The van der Waals surface area contributed by atoms with Crippen molar-refractivity contribution in [1.82, 2.24) is 0 Å². The molecule has 0 saturated carbocycles. The van der Waals surface area contributed by atoms with Gasteiger partial charge in [-0.3, -0.25) is 0 Å². The number of allylic oxidation sites excluding steroid dienone is 1. The zero-order valence-electron chi connectivity index (χ0n) is 11.0. The highest BCUT2D eigenvalue weighted by Crippen LogP contribution is 2.17. The fourth-order valence-corrected chi connectivity index (χ4v) is 2.08. The van der Waals surface area contributed by atoms with Crippen LogP contribution in [0.25, 0.3) is 18.2 Å². The highest BCUT2D eigenvalue weighted by atomic mass is 14.0. The van der Waals surface area contributed by atoms with Gasteiger partial charge in [-0.05, 0) is 28.7 Å². The molecule has 0 aliphatic heterocycles. The first-order valence-electron chi connectivity index (χ1n) is 6.43. The molecule has 0 spiro atoms. The molecule has 1 aliphatic rings. The maximum atomic E-state index is 3.69. The predicted molar refractivity (Wildman–Crippen MR) is 85.8 cm³/mol. The van der Waals surface area contributed by atoms with Crippen molar-refractivity contribution in [3.05, 3.63) is 90.0 Å². The summed E-state index contributed by atoms with van der Waals surface area (Å²) in [6.45, 7) is 7.38. The van der Waals surface area contributed by atoms with Crippen molar-refractivity contribution >= 4 is 18.2 Å². The van der Waals surface area contributed by atoms with E-state index in [1.54, 1.807) is 0 Å². The molecule has 0 unspecified atom stereocenters. The largest absolute Gasteiger partial charge is 0.0984 e. The lowest BCUT2D eigenvalue weighted by atomic mass is 10.1. The van der Waals surface area contributed by atoms with Crippen LogP contribution in [0.3, 0.4) is 0 Å². The second-order valence-corrected chi connectivity index (χ2v) is 4.34. The lowest BCUT2D eigenvalue weighted by molar-refractivity contribution is 1.31. The summed E-state index contributed by atoms with van der Waals surface area (Å²) in [5.74, 6) is 0. The molecule has 1 aliphatic carbocycles. The first kappa shape index (κ1) is 13.1. The molecule has 94 valence electrons. The molecule has 0 heterocycles. The molecular formula is C19H18. The average molecular weight is 246 g/mol. The summed E-state index contributed by atoms with van der Waals surface area (Å²) in [4.78, 5) is 0. The van der Waals surface area contributed by atoms with Gasteiger partial charge in [-0.15, -0.1) is 0 Å². The Hall–Kier alpha value is -2.34. The number of rotatable bonds is 2. The molecule has 0 fully saturated rings. The minimum absolute atomic E-state index is 1.12. The molecule has 0 amide bonds. The smallest absolute Gasteiger partial charge is 0.00882 e. The van der Waals surface area contributed by atoms with Crippen LogP contribution in [-0.4, -0.2) is 0 Å². The van der Waals surface area contributed by atoms with Crippen molar-refractivity contribution < 1.29 is 0 Å². The topological polar surface area (TPSA) is 0 Å². The maximum Gasteiger partial charge on any atom is -0.00882 e. The normalized spacial score (nSPS) is 11.2. The molecule has 3 rings (SSSR count). The monoisotopic (exact) mass is 246 g/mol. The standard InChI is InChI=1S/C10H10.C9H8/c1-3-9-7-5-6-8-10(9)4-2;1-2-5-9-7-3-6-8(9)4-1/h3-8H,1-2H2;1-6H,7H2. The number of benzene rings is 2. The quantitative estimate of drug-likeness (QED) is 0.680. The van der Waals surface area contributed by atoms with Gasteiger partial charge in [0.25, 0.3) is 0 Å². The van der Waals surface area contributed by atoms with Gasteiger partial charge in [-0.1, -0.05) is 86.0 Å². The van der Waals surface area contributed by atoms with E-state index in [1.165, 1.54) is 11.1 Å². The summed E-state index contributed by atoms with van der Waals surface area (Å²) in [5, 5.41) is 0. The Morgan fingerprint density at radius 1 is 0.789 bits per heavy atom. The van der Waals surface area contributed by atoms with Crippen LogP contribution in [0.1, 0.15) is 22.3 Å². The lowest BCUT2D eigenvalue weighted by Gasteiger charge is -1.96. The van der Waals surface area contributed by atoms with Crippen molar-refractivity contribution in [1.29, 1.82) is 0 Å². The molecule has 0 N–H and O–H groups in total. The molecule has 2 aromatic rings. The number of fused-ring (bicyclic) bond motifs is 1. The Bertz CT molecular complexity index is 576. The average Bonchev–Trinajstić information content (AvgIpc) is 2.96. The fraction of sp³-hybridized carbons (Fsp3) is 0.0526. The van der Waals surface area contributed by atoms with Crippen LogP contribution < -0.4 is 0 Å². The van der Waals surface area contributed by atoms with Crippen molar-refractivity contribution in [2.24, 2.45) is 0 Å². The molecule has 19 heavy (non-hydrogen) atoms. The van der Waals surface area contributed by atoms with Gasteiger partial charge in [0.1, 0.15) is 0 Å². The Labute approximate surface area is 115 Å². The van der Waals surface area contributed by atoms with Crippen LogP contribution in [0.4, 0.5) is 0 Å². The lowest BCUT2D eigenvalue weighted by Crippen LogP contribution is -1.76. The Kier molecular flexibility index (Phi) is 4.52. The van der Waals surface area contributed by atoms with Crippen LogP contribution >= 0.6 is 0 Å². The van der Waals surface area contributed by atoms with Gasteiger partial charge in [0, 0.05) is 0 Å². The van der Waals surface area contributed by atoms with Gasteiger partial charge < -0.3 is 0 Å². The van der Waals surface area contributed by atoms with E-state index in [1.807, 2.05) is 36.4 Å². The fourth-order valence-electron chi connectivity index (χ4n) is 2.08. The summed E-state index contributed by atoms with van der Waals surface area (Å²) < 4.78 is 0. The summed E-state index contributed by atoms with van der Waals surface area (Å²) in [7, 11) is 0. The van der Waals surface area contributed by atoms with Crippen LogP contribution in [0.5, 0.6) is 0 Å². The van der Waals surface area contributed by atoms with Crippen LogP contribution in [0, 0.1) is 0 Å². The van der Waals surface area contributed by atoms with Crippen LogP contribution in [0.2, 0.25) is 0 Å². The van der Waals surface area contributed by atoms with E-state index in [4.69, 9.17) is 0 Å². The molecule has 0 bridgehead atoms. The van der Waals surface area contributed by atoms with Gasteiger partial charge in [0.05, 0.1) is 0 Å². The molecule has 0 nitrogen and oxygen atoms in total. The van der Waals surface area contributed by atoms with Gasteiger partial charge in [-0.2, -0.15) is 0 Å². The summed E-state index contributed by atoms with van der Waals surface area (Å²) >= 11 is 0. The molecule has 0 heteroatoms. The van der Waals surface area contributed by atoms with Crippen molar-refractivity contribution in [3.63, 3.8) is 0 Å². The van der Waals surface area contributed by atoms with Crippen LogP contribution in [-0.2, 0) is 6.42 Å². The molecular weight excluding hydrogens is 228 g/mol. The molecule has 0 saturated heterocycles. The Morgan fingerprint density at radius 3 is 1.95 bits per heavy atom. The number of hydrogen-bond donors (Lipinski definition) is 0. The zero-order chi connectivity index (χ0) is 13.5. The van der Waals surface area contributed by atoms with Crippen LogP contribution in [0.15, 0.2) is 67.8 Å². The second-order valence-electron chi connectivity index (χ2n) is 4.34. The second kappa shape index (κ2) is 6.55. The molecule has 0 radical (unpaired) electrons. The molecule has 0 aromatic heterocycles. The van der Waals surface area contributed by atoms with E-state index in [-0.39, 0.29) is 0 Å². The van der Waals surface area contributed by atoms with E-state index < -0.39 is 0 Å². The highest BCUT2D eigenvalue weighted by molar-refractivity contribution is 5.63. The van der Waals surface area contributed by atoms with E-state index >= 15 is 0 Å². The van der Waals surface area contributed by atoms with E-state index in [2.05, 4.69) is 49.6 Å². The minimum atomic E-state index is 1.12. The summed E-state index contributed by atoms with van der Waals surface area (Å²) in [5.41, 5.74) is 5.12. The Morgan fingerprint density at radius 2 is 1.37 bits per heavy atom. The molecule has 2 aromatic carbocycles. The van der Waals surface area contributed by atoms with Crippen molar-refractivity contribution in [2.75, 3.05) is 0 Å². The third-order valence-electron chi connectivity index (χ3n) is 3.13. The van der Waals surface area contributed by atoms with Gasteiger partial charge in [0.15, 0.2) is 0 Å². The zero-order valence-corrected chi connectivity index (χ0v) is 11.0. The third-order valence-corrected chi connectivity index (χ3v) is 3.13. The molecule has 0 atom stereocenters. The predicted octanol–water partition coefficient (Wildman–Crippen LogP) is 5.23. The number of hydrogen-bond acceptors (Lipinski definition) is 0.